The fraction of sp³-hybridized carbons (Fsp3) is 0.647. The van der Waals surface area contributed by atoms with Crippen LogP contribution in [-0.2, 0) is 19.1 Å². The maximum absolute atomic E-state index is 11.7. The van der Waals surface area contributed by atoms with Crippen LogP contribution in [0.4, 0.5) is 0 Å². The van der Waals surface area contributed by atoms with Crippen molar-refractivity contribution in [3.8, 4) is 0 Å². The van der Waals surface area contributed by atoms with E-state index in [2.05, 4.69) is 6.58 Å². The molecule has 0 spiro atoms. The molecule has 2 fully saturated rings. The zero-order chi connectivity index (χ0) is 16.2. The molecule has 0 aromatic rings. The molecule has 1 N–H and O–H groups in total. The van der Waals surface area contributed by atoms with E-state index < -0.39 is 5.60 Å². The monoisotopic (exact) mass is 306 g/mol. The predicted octanol–water partition coefficient (Wildman–Crippen LogP) is 1.75. The van der Waals surface area contributed by atoms with Crippen LogP contribution >= 0.6 is 0 Å². The second kappa shape index (κ2) is 4.95. The van der Waals surface area contributed by atoms with Crippen LogP contribution in [0, 0.1) is 17.8 Å². The highest BCUT2D eigenvalue weighted by molar-refractivity contribution is 5.91. The Kier molecular flexibility index (Phi) is 3.44. The van der Waals surface area contributed by atoms with Gasteiger partial charge in [-0.15, -0.1) is 0 Å². The molecular weight excluding hydrogens is 284 g/mol. The molecule has 5 heteroatoms. The van der Waals surface area contributed by atoms with Gasteiger partial charge in [0.25, 0.3) is 0 Å². The van der Waals surface area contributed by atoms with Crippen molar-refractivity contribution >= 4 is 11.9 Å². The van der Waals surface area contributed by atoms with E-state index >= 15 is 0 Å². The van der Waals surface area contributed by atoms with E-state index in [1.807, 2.05) is 13.0 Å². The van der Waals surface area contributed by atoms with Crippen LogP contribution in [0.3, 0.4) is 0 Å². The first-order valence-electron chi connectivity index (χ1n) is 7.68. The summed E-state index contributed by atoms with van der Waals surface area (Å²) in [4.78, 5) is 23.1. The highest BCUT2D eigenvalue weighted by Gasteiger charge is 2.55. The molecule has 2 aliphatic carbocycles. The van der Waals surface area contributed by atoms with Crippen LogP contribution in [0.25, 0.3) is 0 Å². The Balaban J connectivity index is 1.98. The largest absolute Gasteiger partial charge is 0.462 e. The lowest BCUT2D eigenvalue weighted by Gasteiger charge is -2.30. The topological polar surface area (TPSA) is 72.8 Å². The van der Waals surface area contributed by atoms with E-state index in [0.717, 1.165) is 5.57 Å². The first-order chi connectivity index (χ1) is 10.2. The Labute approximate surface area is 130 Å². The van der Waals surface area contributed by atoms with Crippen molar-refractivity contribution in [1.82, 2.24) is 0 Å². The van der Waals surface area contributed by atoms with Gasteiger partial charge in [-0.25, -0.2) is 4.79 Å². The fourth-order valence-corrected chi connectivity index (χ4v) is 4.37. The summed E-state index contributed by atoms with van der Waals surface area (Å²) in [5.41, 5.74) is 0.534. The van der Waals surface area contributed by atoms with Crippen LogP contribution in [-0.4, -0.2) is 34.9 Å². The smallest absolute Gasteiger partial charge is 0.334 e. The third-order valence-electron chi connectivity index (χ3n) is 5.37. The average molecular weight is 306 g/mol. The maximum atomic E-state index is 11.7. The van der Waals surface area contributed by atoms with Crippen molar-refractivity contribution in [3.63, 3.8) is 0 Å². The number of rotatable bonds is 1. The quantitative estimate of drug-likeness (QED) is 0.454. The number of hydrogen-bond acceptors (Lipinski definition) is 5. The van der Waals surface area contributed by atoms with Gasteiger partial charge < -0.3 is 14.6 Å². The Morgan fingerprint density at radius 2 is 2.23 bits per heavy atom. The lowest BCUT2D eigenvalue weighted by atomic mass is 9.78. The molecule has 1 saturated carbocycles. The van der Waals surface area contributed by atoms with Crippen molar-refractivity contribution in [2.45, 2.75) is 51.4 Å². The highest BCUT2D eigenvalue weighted by atomic mass is 16.6. The van der Waals surface area contributed by atoms with Gasteiger partial charge in [0.2, 0.25) is 0 Å². The van der Waals surface area contributed by atoms with Crippen molar-refractivity contribution < 1.29 is 24.2 Å². The molecule has 1 unspecified atom stereocenters. The summed E-state index contributed by atoms with van der Waals surface area (Å²) >= 11 is 0. The molecule has 0 bridgehead atoms. The van der Waals surface area contributed by atoms with Gasteiger partial charge in [0.1, 0.15) is 12.2 Å². The summed E-state index contributed by atoms with van der Waals surface area (Å²) in [7, 11) is 0. The number of fused-ring (bicyclic) bond motifs is 2. The van der Waals surface area contributed by atoms with Gasteiger partial charge in [0.15, 0.2) is 0 Å². The fourth-order valence-electron chi connectivity index (χ4n) is 4.37. The Bertz CT molecular complexity index is 574. The third kappa shape index (κ3) is 2.28. The second-order valence-electron chi connectivity index (χ2n) is 6.99. The van der Waals surface area contributed by atoms with Crippen molar-refractivity contribution in [2.75, 3.05) is 0 Å². The summed E-state index contributed by atoms with van der Waals surface area (Å²) in [6.07, 6.45) is 2.30. The molecule has 0 aromatic heterocycles. The minimum Gasteiger partial charge on any atom is -0.462 e. The zero-order valence-electron chi connectivity index (χ0n) is 13.2. The van der Waals surface area contributed by atoms with E-state index in [-0.39, 0.29) is 41.9 Å². The lowest BCUT2D eigenvalue weighted by molar-refractivity contribution is -0.148. The van der Waals surface area contributed by atoms with Gasteiger partial charge >= 0.3 is 11.9 Å². The van der Waals surface area contributed by atoms with Gasteiger partial charge in [-0.3, -0.25) is 4.79 Å². The predicted molar refractivity (Wildman–Crippen MR) is 78.7 cm³/mol. The molecule has 3 rings (SSSR count). The molecule has 3 aliphatic rings. The maximum Gasteiger partial charge on any atom is 0.334 e. The van der Waals surface area contributed by atoms with Crippen LogP contribution < -0.4 is 0 Å². The van der Waals surface area contributed by atoms with Gasteiger partial charge in [0, 0.05) is 30.8 Å². The summed E-state index contributed by atoms with van der Waals surface area (Å²) < 4.78 is 10.8. The second-order valence-corrected chi connectivity index (χ2v) is 6.99. The van der Waals surface area contributed by atoms with E-state index in [4.69, 9.17) is 9.47 Å². The standard InChI is InChI=1S/C17H22O5/c1-8-5-13-11(9(2)16(19)22-13)6-12-15(8)14(21-10(3)18)7-17(12,4)20/h5,11-15,20H,2,6-7H2,1,3-4H3/t11-,12-,13?,14+,15-,17-/m1/s1. The number of esters is 2. The summed E-state index contributed by atoms with van der Waals surface area (Å²) in [6.45, 7) is 8.96. The molecule has 0 radical (unpaired) electrons. The lowest BCUT2D eigenvalue weighted by Crippen LogP contribution is -2.33. The number of carbonyl (C=O) groups excluding carboxylic acids is 2. The van der Waals surface area contributed by atoms with Crippen LogP contribution in [0.1, 0.15) is 33.6 Å². The van der Waals surface area contributed by atoms with Crippen molar-refractivity contribution in [3.05, 3.63) is 23.8 Å². The van der Waals surface area contributed by atoms with Gasteiger partial charge in [-0.05, 0) is 32.3 Å². The molecular formula is C17H22O5. The van der Waals surface area contributed by atoms with E-state index in [9.17, 15) is 14.7 Å². The normalized spacial score (nSPS) is 43.8. The highest BCUT2D eigenvalue weighted by Crippen LogP contribution is 2.52. The summed E-state index contributed by atoms with van der Waals surface area (Å²) in [6, 6.07) is 0. The first-order valence-corrected chi connectivity index (χ1v) is 7.68. The molecule has 22 heavy (non-hydrogen) atoms. The Hall–Kier alpha value is -1.62. The summed E-state index contributed by atoms with van der Waals surface area (Å²) in [5.74, 6) is -0.938. The molecule has 0 aromatic carbocycles. The molecule has 1 heterocycles. The third-order valence-corrected chi connectivity index (χ3v) is 5.37. The van der Waals surface area contributed by atoms with E-state index in [1.165, 1.54) is 6.92 Å². The zero-order valence-corrected chi connectivity index (χ0v) is 13.2. The Morgan fingerprint density at radius 3 is 2.86 bits per heavy atom. The average Bonchev–Trinajstić information content (AvgIpc) is 2.71. The molecule has 1 saturated heterocycles. The number of ether oxygens (including phenoxy) is 2. The van der Waals surface area contributed by atoms with Crippen LogP contribution in [0.5, 0.6) is 0 Å². The molecule has 1 aliphatic heterocycles. The van der Waals surface area contributed by atoms with Crippen molar-refractivity contribution in [1.29, 1.82) is 0 Å². The number of aliphatic hydroxyl groups is 1. The van der Waals surface area contributed by atoms with Crippen LogP contribution in [0.15, 0.2) is 23.8 Å². The SMILES string of the molecule is C=C1C(=O)OC2C=C(C)[C@H]3[C@@H](OC(C)=O)C[C@@](C)(O)[C@@H]3C[C@H]12. The minimum absolute atomic E-state index is 0.0454. The van der Waals surface area contributed by atoms with Gasteiger partial charge in [-0.1, -0.05) is 12.2 Å². The van der Waals surface area contributed by atoms with Gasteiger partial charge in [0.05, 0.1) is 5.60 Å². The van der Waals surface area contributed by atoms with Crippen LogP contribution in [0.2, 0.25) is 0 Å². The first kappa shape index (κ1) is 15.3. The van der Waals surface area contributed by atoms with E-state index in [1.54, 1.807) is 6.92 Å². The number of carbonyl (C=O) groups is 2. The Morgan fingerprint density at radius 1 is 1.55 bits per heavy atom. The van der Waals surface area contributed by atoms with Crippen molar-refractivity contribution in [2.24, 2.45) is 17.8 Å². The van der Waals surface area contributed by atoms with E-state index in [0.29, 0.717) is 18.4 Å². The molecule has 5 nitrogen and oxygen atoms in total. The minimum atomic E-state index is -0.944. The molecule has 0 amide bonds. The summed E-state index contributed by atoms with van der Waals surface area (Å²) in [5, 5.41) is 10.8. The number of hydrogen-bond donors (Lipinski definition) is 1. The molecule has 120 valence electrons. The molecule has 6 atom stereocenters. The van der Waals surface area contributed by atoms with Gasteiger partial charge in [-0.2, -0.15) is 0 Å².